The molecule has 4 rings (SSSR count). The van der Waals surface area contributed by atoms with E-state index >= 15 is 0 Å². The highest BCUT2D eigenvalue weighted by Crippen LogP contribution is 2.42. The predicted molar refractivity (Wildman–Crippen MR) is 87.7 cm³/mol. The zero-order chi connectivity index (χ0) is 15.8. The van der Waals surface area contributed by atoms with Crippen LogP contribution >= 0.6 is 0 Å². The number of hydrogen-bond donors (Lipinski definition) is 1. The summed E-state index contributed by atoms with van der Waals surface area (Å²) in [5.74, 6) is 1.24. The molecule has 0 aliphatic carbocycles. The number of nitrogens with zero attached hydrogens (tertiary/aromatic N) is 3. The van der Waals surface area contributed by atoms with E-state index in [1.54, 1.807) is 4.68 Å². The van der Waals surface area contributed by atoms with Gasteiger partial charge in [-0.2, -0.15) is 5.10 Å². The van der Waals surface area contributed by atoms with E-state index in [2.05, 4.69) is 39.6 Å². The number of fused-ring (bicyclic) bond motifs is 1. The summed E-state index contributed by atoms with van der Waals surface area (Å²) < 4.78 is 1.74. The molecule has 2 saturated heterocycles. The molecule has 2 aliphatic rings. The quantitative estimate of drug-likeness (QED) is 0.937. The molecule has 5 nitrogen and oxygen atoms in total. The molecule has 2 aliphatic heterocycles. The molecule has 1 aromatic carbocycles. The lowest BCUT2D eigenvalue weighted by Gasteiger charge is -2.28. The van der Waals surface area contributed by atoms with Gasteiger partial charge in [0.05, 0.1) is 11.7 Å². The summed E-state index contributed by atoms with van der Waals surface area (Å²) in [4.78, 5) is 15.0. The van der Waals surface area contributed by atoms with Gasteiger partial charge in [0.2, 0.25) is 5.91 Å². The Morgan fingerprint density at radius 1 is 1.26 bits per heavy atom. The third-order valence-corrected chi connectivity index (χ3v) is 5.10. The van der Waals surface area contributed by atoms with Gasteiger partial charge in [-0.3, -0.25) is 9.48 Å². The average molecular weight is 310 g/mol. The summed E-state index contributed by atoms with van der Waals surface area (Å²) >= 11 is 0. The molecule has 2 fully saturated rings. The summed E-state index contributed by atoms with van der Waals surface area (Å²) in [7, 11) is 0. The van der Waals surface area contributed by atoms with Crippen LogP contribution in [0.3, 0.4) is 0 Å². The number of nitrogens with one attached hydrogen (secondary N) is 1. The highest BCUT2D eigenvalue weighted by molar-refractivity contribution is 5.77. The Morgan fingerprint density at radius 3 is 2.83 bits per heavy atom. The van der Waals surface area contributed by atoms with Gasteiger partial charge in [0.15, 0.2) is 0 Å². The monoisotopic (exact) mass is 310 g/mol. The Morgan fingerprint density at radius 2 is 2.09 bits per heavy atom. The van der Waals surface area contributed by atoms with Gasteiger partial charge in [0.25, 0.3) is 0 Å². The van der Waals surface area contributed by atoms with Crippen LogP contribution < -0.4 is 5.32 Å². The van der Waals surface area contributed by atoms with Gasteiger partial charge in [0, 0.05) is 31.7 Å². The molecule has 3 heterocycles. The van der Waals surface area contributed by atoms with Crippen molar-refractivity contribution in [1.82, 2.24) is 20.0 Å². The molecule has 5 heteroatoms. The fourth-order valence-electron chi connectivity index (χ4n) is 4.04. The van der Waals surface area contributed by atoms with Gasteiger partial charge in [-0.1, -0.05) is 30.3 Å². The summed E-state index contributed by atoms with van der Waals surface area (Å²) in [6, 6.07) is 12.6. The fraction of sp³-hybridized carbons (Fsp3) is 0.444. The van der Waals surface area contributed by atoms with E-state index in [4.69, 9.17) is 0 Å². The maximum Gasteiger partial charge on any atom is 0.244 e. The van der Waals surface area contributed by atoms with Crippen molar-refractivity contribution in [3.63, 3.8) is 0 Å². The number of hydrogen-bond acceptors (Lipinski definition) is 3. The zero-order valence-electron chi connectivity index (χ0n) is 13.4. The van der Waals surface area contributed by atoms with E-state index in [0.29, 0.717) is 18.4 Å². The minimum absolute atomic E-state index is 0.163. The van der Waals surface area contributed by atoms with Crippen molar-refractivity contribution in [3.05, 3.63) is 53.9 Å². The van der Waals surface area contributed by atoms with Gasteiger partial charge in [0.1, 0.15) is 6.54 Å². The zero-order valence-corrected chi connectivity index (χ0v) is 13.4. The van der Waals surface area contributed by atoms with Crippen LogP contribution in [0.1, 0.15) is 17.3 Å². The first kappa shape index (κ1) is 14.5. The van der Waals surface area contributed by atoms with Crippen molar-refractivity contribution in [2.75, 3.05) is 19.6 Å². The molecule has 120 valence electrons. The number of carbonyl (C=O) groups excluding carboxylic acids is 1. The summed E-state index contributed by atoms with van der Waals surface area (Å²) in [5.41, 5.74) is 2.19. The second kappa shape index (κ2) is 5.81. The molecule has 1 amide bonds. The molecule has 0 saturated carbocycles. The fourth-order valence-corrected chi connectivity index (χ4v) is 4.04. The number of aromatic nitrogens is 2. The second-order valence-electron chi connectivity index (χ2n) is 6.64. The van der Waals surface area contributed by atoms with E-state index < -0.39 is 0 Å². The number of carbonyl (C=O) groups is 1. The number of amides is 1. The van der Waals surface area contributed by atoms with E-state index in [0.717, 1.165) is 25.3 Å². The number of rotatable bonds is 3. The molecule has 1 aromatic heterocycles. The van der Waals surface area contributed by atoms with Crippen molar-refractivity contribution < 1.29 is 4.79 Å². The van der Waals surface area contributed by atoms with Crippen LogP contribution in [0.2, 0.25) is 0 Å². The average Bonchev–Trinajstić information content (AvgIpc) is 3.23. The maximum absolute atomic E-state index is 12.9. The van der Waals surface area contributed by atoms with E-state index in [1.165, 1.54) is 5.56 Å². The van der Waals surface area contributed by atoms with Gasteiger partial charge >= 0.3 is 0 Å². The van der Waals surface area contributed by atoms with E-state index in [-0.39, 0.29) is 11.9 Å². The van der Waals surface area contributed by atoms with E-state index in [9.17, 15) is 4.79 Å². The number of benzene rings is 1. The van der Waals surface area contributed by atoms with Gasteiger partial charge in [-0.05, 0) is 24.5 Å². The standard InChI is InChI=1S/C18H22N4O/c1-13-7-8-21(20-13)12-17(23)22-11-15-9-19-10-16(15)18(22)14-5-3-2-4-6-14/h2-8,15-16,18-19H,9-12H2,1H3/t15-,16-,18-/m0/s1. The third kappa shape index (κ3) is 2.65. The molecule has 0 spiro atoms. The lowest BCUT2D eigenvalue weighted by molar-refractivity contribution is -0.133. The van der Waals surface area contributed by atoms with Crippen LogP contribution in [0.15, 0.2) is 42.6 Å². The minimum atomic E-state index is 0.163. The third-order valence-electron chi connectivity index (χ3n) is 5.10. The Hall–Kier alpha value is -2.14. The smallest absolute Gasteiger partial charge is 0.244 e. The Labute approximate surface area is 136 Å². The molecular formula is C18H22N4O. The van der Waals surface area contributed by atoms with Gasteiger partial charge < -0.3 is 10.2 Å². The number of aryl methyl sites for hydroxylation is 1. The predicted octanol–water partition coefficient (Wildman–Crippen LogP) is 1.61. The van der Waals surface area contributed by atoms with Crippen LogP contribution in [0.5, 0.6) is 0 Å². The first-order chi connectivity index (χ1) is 11.2. The van der Waals surface area contributed by atoms with Crippen molar-refractivity contribution in [3.8, 4) is 0 Å². The molecule has 3 atom stereocenters. The molecule has 1 N–H and O–H groups in total. The number of likely N-dealkylation sites (tertiary alicyclic amines) is 1. The first-order valence-corrected chi connectivity index (χ1v) is 8.27. The van der Waals surface area contributed by atoms with Crippen LogP contribution in [0.4, 0.5) is 0 Å². The van der Waals surface area contributed by atoms with E-state index in [1.807, 2.05) is 25.3 Å². The van der Waals surface area contributed by atoms with Gasteiger partial charge in [-0.25, -0.2) is 0 Å². The van der Waals surface area contributed by atoms with Crippen molar-refractivity contribution in [1.29, 1.82) is 0 Å². The summed E-state index contributed by atoms with van der Waals surface area (Å²) in [6.45, 7) is 5.12. The molecule has 0 bridgehead atoms. The largest absolute Gasteiger partial charge is 0.333 e. The molecule has 0 unspecified atom stereocenters. The van der Waals surface area contributed by atoms with Gasteiger partial charge in [-0.15, -0.1) is 0 Å². The van der Waals surface area contributed by atoms with Crippen LogP contribution in [-0.2, 0) is 11.3 Å². The highest BCUT2D eigenvalue weighted by atomic mass is 16.2. The first-order valence-electron chi connectivity index (χ1n) is 8.27. The van der Waals surface area contributed by atoms with Crippen LogP contribution in [0, 0.1) is 18.8 Å². The van der Waals surface area contributed by atoms with Crippen LogP contribution in [0.25, 0.3) is 0 Å². The Kier molecular flexibility index (Phi) is 3.65. The second-order valence-corrected chi connectivity index (χ2v) is 6.64. The van der Waals surface area contributed by atoms with Crippen molar-refractivity contribution in [2.45, 2.75) is 19.5 Å². The molecule has 2 aromatic rings. The summed E-state index contributed by atoms with van der Waals surface area (Å²) in [5, 5.41) is 7.83. The maximum atomic E-state index is 12.9. The topological polar surface area (TPSA) is 50.2 Å². The SMILES string of the molecule is Cc1ccn(CC(=O)N2C[C@@H]3CNC[C@@H]3[C@@H]2c2ccccc2)n1. The lowest BCUT2D eigenvalue weighted by atomic mass is 9.89. The van der Waals surface area contributed by atoms with Crippen molar-refractivity contribution >= 4 is 5.91 Å². The Balaban J connectivity index is 1.59. The molecular weight excluding hydrogens is 288 g/mol. The summed E-state index contributed by atoms with van der Waals surface area (Å²) in [6.07, 6.45) is 1.88. The minimum Gasteiger partial charge on any atom is -0.333 e. The highest BCUT2D eigenvalue weighted by Gasteiger charge is 2.46. The lowest BCUT2D eigenvalue weighted by Crippen LogP contribution is -2.36. The van der Waals surface area contributed by atoms with Crippen molar-refractivity contribution in [2.24, 2.45) is 11.8 Å². The normalized spacial score (nSPS) is 26.5. The Bertz CT molecular complexity index is 696. The van der Waals surface area contributed by atoms with Crippen LogP contribution in [-0.4, -0.2) is 40.2 Å². The molecule has 0 radical (unpaired) electrons. The molecule has 23 heavy (non-hydrogen) atoms.